The molecule has 0 aliphatic rings. The lowest BCUT2D eigenvalue weighted by Crippen LogP contribution is -2.19. The molecule has 1 atom stereocenters. The number of halogens is 1. The van der Waals surface area contributed by atoms with E-state index in [0.717, 1.165) is 23.1 Å². The number of hydrogen-bond acceptors (Lipinski definition) is 3. The molecule has 0 fully saturated rings. The fourth-order valence-electron chi connectivity index (χ4n) is 1.98. The van der Waals surface area contributed by atoms with Crippen molar-refractivity contribution in [2.24, 2.45) is 0 Å². The quantitative estimate of drug-likeness (QED) is 0.896. The first kappa shape index (κ1) is 12.9. The predicted molar refractivity (Wildman–Crippen MR) is 75.6 cm³/mol. The molecule has 4 heteroatoms. The minimum atomic E-state index is 0.328. The molecule has 0 saturated carbocycles. The summed E-state index contributed by atoms with van der Waals surface area (Å²) in [5, 5.41) is 5.49. The third-order valence-electron chi connectivity index (χ3n) is 2.85. The monoisotopic (exact) mass is 313 g/mol. The molecule has 0 bridgehead atoms. The minimum Gasteiger partial charge on any atom is -0.469 e. The fourth-order valence-corrected chi connectivity index (χ4v) is 3.48. The van der Waals surface area contributed by atoms with Crippen molar-refractivity contribution in [2.75, 3.05) is 7.05 Å². The molecule has 1 N–H and O–H groups in total. The third kappa shape index (κ3) is 3.00. The standard InChI is InChI=1S/C13H16BrNOS/c1-3-13-11(4-5-16-13)12(15-2)7-10-6-9(14)8-17-10/h4-6,8,12,15H,3,7H2,1-2H3. The highest BCUT2D eigenvalue weighted by atomic mass is 79.9. The molecule has 92 valence electrons. The molecule has 2 aromatic rings. The molecule has 2 nitrogen and oxygen atoms in total. The Morgan fingerprint density at radius 1 is 1.53 bits per heavy atom. The first-order valence-corrected chi connectivity index (χ1v) is 7.38. The molecule has 0 saturated heterocycles. The number of thiophene rings is 1. The van der Waals surface area contributed by atoms with E-state index in [1.54, 1.807) is 17.6 Å². The molecular formula is C13H16BrNOS. The van der Waals surface area contributed by atoms with Gasteiger partial charge in [0.05, 0.1) is 6.26 Å². The first-order chi connectivity index (χ1) is 8.24. The van der Waals surface area contributed by atoms with Crippen LogP contribution in [0.15, 0.2) is 32.7 Å². The Morgan fingerprint density at radius 3 is 2.94 bits per heavy atom. The van der Waals surface area contributed by atoms with Crippen molar-refractivity contribution in [3.63, 3.8) is 0 Å². The van der Waals surface area contributed by atoms with Crippen LogP contribution in [-0.4, -0.2) is 7.05 Å². The van der Waals surface area contributed by atoms with E-state index in [-0.39, 0.29) is 0 Å². The molecule has 17 heavy (non-hydrogen) atoms. The second-order valence-electron chi connectivity index (χ2n) is 3.93. The Morgan fingerprint density at radius 2 is 2.35 bits per heavy atom. The van der Waals surface area contributed by atoms with Gasteiger partial charge in [0.15, 0.2) is 0 Å². The molecule has 0 aliphatic heterocycles. The molecule has 0 amide bonds. The minimum absolute atomic E-state index is 0.328. The van der Waals surface area contributed by atoms with Gasteiger partial charge in [-0.2, -0.15) is 0 Å². The summed E-state index contributed by atoms with van der Waals surface area (Å²) in [5.41, 5.74) is 1.28. The van der Waals surface area contributed by atoms with Gasteiger partial charge in [-0.05, 0) is 35.1 Å². The number of rotatable bonds is 5. The van der Waals surface area contributed by atoms with Crippen LogP contribution in [-0.2, 0) is 12.8 Å². The number of aryl methyl sites for hydroxylation is 1. The highest BCUT2D eigenvalue weighted by Gasteiger charge is 2.16. The van der Waals surface area contributed by atoms with Crippen molar-refractivity contribution < 1.29 is 4.42 Å². The number of hydrogen-bond donors (Lipinski definition) is 1. The molecule has 2 aromatic heterocycles. The van der Waals surface area contributed by atoms with E-state index < -0.39 is 0 Å². The van der Waals surface area contributed by atoms with Crippen molar-refractivity contribution in [1.82, 2.24) is 5.32 Å². The summed E-state index contributed by atoms with van der Waals surface area (Å²) in [4.78, 5) is 1.37. The lowest BCUT2D eigenvalue weighted by molar-refractivity contribution is 0.496. The molecule has 0 aromatic carbocycles. The SMILES string of the molecule is CCc1occc1C(Cc1cc(Br)cs1)NC. The van der Waals surface area contributed by atoms with Crippen LogP contribution in [0.3, 0.4) is 0 Å². The van der Waals surface area contributed by atoms with Gasteiger partial charge < -0.3 is 9.73 Å². The summed E-state index contributed by atoms with van der Waals surface area (Å²) in [6, 6.07) is 4.58. The maximum absolute atomic E-state index is 5.49. The van der Waals surface area contributed by atoms with Gasteiger partial charge in [-0.3, -0.25) is 0 Å². The number of furan rings is 1. The van der Waals surface area contributed by atoms with E-state index in [1.165, 1.54) is 10.4 Å². The van der Waals surface area contributed by atoms with Gasteiger partial charge in [0, 0.05) is 39.2 Å². The van der Waals surface area contributed by atoms with Gasteiger partial charge >= 0.3 is 0 Å². The molecule has 0 radical (unpaired) electrons. The van der Waals surface area contributed by atoms with Crippen molar-refractivity contribution in [3.05, 3.63) is 44.4 Å². The Bertz CT molecular complexity index is 477. The van der Waals surface area contributed by atoms with Gasteiger partial charge in [-0.1, -0.05) is 6.92 Å². The van der Waals surface area contributed by atoms with Crippen LogP contribution >= 0.6 is 27.3 Å². The average Bonchev–Trinajstić information content (AvgIpc) is 2.94. The zero-order valence-electron chi connectivity index (χ0n) is 10.00. The van der Waals surface area contributed by atoms with Crippen molar-refractivity contribution in [3.8, 4) is 0 Å². The smallest absolute Gasteiger partial charge is 0.108 e. The van der Waals surface area contributed by atoms with Crippen LogP contribution < -0.4 is 5.32 Å². The highest BCUT2D eigenvalue weighted by molar-refractivity contribution is 9.10. The van der Waals surface area contributed by atoms with Crippen LogP contribution in [0.2, 0.25) is 0 Å². The lowest BCUT2D eigenvalue weighted by atomic mass is 10.0. The topological polar surface area (TPSA) is 25.2 Å². The van der Waals surface area contributed by atoms with E-state index in [1.807, 2.05) is 7.05 Å². The van der Waals surface area contributed by atoms with E-state index in [0.29, 0.717) is 6.04 Å². The van der Waals surface area contributed by atoms with E-state index in [4.69, 9.17) is 4.42 Å². The lowest BCUT2D eigenvalue weighted by Gasteiger charge is -2.15. The van der Waals surface area contributed by atoms with Crippen molar-refractivity contribution in [1.29, 1.82) is 0 Å². The maximum Gasteiger partial charge on any atom is 0.108 e. The van der Waals surface area contributed by atoms with E-state index in [9.17, 15) is 0 Å². The zero-order chi connectivity index (χ0) is 12.3. The van der Waals surface area contributed by atoms with E-state index >= 15 is 0 Å². The average molecular weight is 314 g/mol. The number of nitrogens with one attached hydrogen (secondary N) is 1. The van der Waals surface area contributed by atoms with Crippen LogP contribution in [0, 0.1) is 0 Å². The summed E-state index contributed by atoms with van der Waals surface area (Å²) < 4.78 is 6.66. The van der Waals surface area contributed by atoms with Gasteiger partial charge in [0.25, 0.3) is 0 Å². The maximum atomic E-state index is 5.49. The largest absolute Gasteiger partial charge is 0.469 e. The highest BCUT2D eigenvalue weighted by Crippen LogP contribution is 2.27. The van der Waals surface area contributed by atoms with Gasteiger partial charge in [-0.25, -0.2) is 0 Å². The van der Waals surface area contributed by atoms with Crippen molar-refractivity contribution in [2.45, 2.75) is 25.8 Å². The second-order valence-corrected chi connectivity index (χ2v) is 5.84. The Labute approximate surface area is 114 Å². The molecule has 1 unspecified atom stereocenters. The van der Waals surface area contributed by atoms with Crippen LogP contribution in [0.4, 0.5) is 0 Å². The third-order valence-corrected chi connectivity index (χ3v) is 4.57. The molecular weight excluding hydrogens is 298 g/mol. The predicted octanol–water partition coefficient (Wildman–Crippen LogP) is 4.17. The normalized spacial score (nSPS) is 12.9. The zero-order valence-corrected chi connectivity index (χ0v) is 12.4. The van der Waals surface area contributed by atoms with Crippen molar-refractivity contribution >= 4 is 27.3 Å². The summed E-state index contributed by atoms with van der Waals surface area (Å²) in [5.74, 6) is 1.08. The van der Waals surface area contributed by atoms with Crippen LogP contribution in [0.25, 0.3) is 0 Å². The molecule has 2 heterocycles. The Balaban J connectivity index is 2.16. The van der Waals surface area contributed by atoms with E-state index in [2.05, 4.69) is 45.7 Å². The summed E-state index contributed by atoms with van der Waals surface area (Å²) in [6.45, 7) is 2.12. The first-order valence-electron chi connectivity index (χ1n) is 5.71. The molecule has 2 rings (SSSR count). The summed E-state index contributed by atoms with van der Waals surface area (Å²) >= 11 is 5.28. The molecule has 0 spiro atoms. The Hall–Kier alpha value is -0.580. The van der Waals surface area contributed by atoms with Gasteiger partial charge in [0.2, 0.25) is 0 Å². The fraction of sp³-hybridized carbons (Fsp3) is 0.385. The number of likely N-dealkylation sites (N-methyl/N-ethyl adjacent to an activating group) is 1. The van der Waals surface area contributed by atoms with Crippen LogP contribution in [0.1, 0.15) is 29.2 Å². The summed E-state index contributed by atoms with van der Waals surface area (Å²) in [7, 11) is 2.00. The van der Waals surface area contributed by atoms with Gasteiger partial charge in [-0.15, -0.1) is 11.3 Å². The van der Waals surface area contributed by atoms with Crippen LogP contribution in [0.5, 0.6) is 0 Å². The Kier molecular flexibility index (Phi) is 4.42. The summed E-state index contributed by atoms with van der Waals surface area (Å²) in [6.07, 6.45) is 3.72. The van der Waals surface area contributed by atoms with Gasteiger partial charge in [0.1, 0.15) is 5.76 Å². The molecule has 0 aliphatic carbocycles. The second kappa shape index (κ2) is 5.85.